The first-order valence-electron chi connectivity index (χ1n) is 11.7. The molecule has 2 aromatic carbocycles. The lowest BCUT2D eigenvalue weighted by Crippen LogP contribution is -2.48. The Labute approximate surface area is 194 Å². The third-order valence-corrected chi connectivity index (χ3v) is 6.85. The Hall–Kier alpha value is -3.19. The van der Waals surface area contributed by atoms with Crippen molar-refractivity contribution in [2.45, 2.75) is 50.7 Å². The number of carbonyl (C=O) groups excluding carboxylic acids is 2. The van der Waals surface area contributed by atoms with E-state index >= 15 is 0 Å². The maximum Gasteiger partial charge on any atom is 0.330 e. The predicted molar refractivity (Wildman–Crippen MR) is 124 cm³/mol. The number of fused-ring (bicyclic) bond motifs is 1. The molecule has 0 unspecified atom stereocenters. The fourth-order valence-corrected chi connectivity index (χ4v) is 4.83. The van der Waals surface area contributed by atoms with E-state index in [1.807, 2.05) is 18.2 Å². The van der Waals surface area contributed by atoms with Crippen LogP contribution >= 0.6 is 0 Å². The molecule has 1 fully saturated rings. The summed E-state index contributed by atoms with van der Waals surface area (Å²) in [5.41, 5.74) is 3.03. The van der Waals surface area contributed by atoms with Crippen LogP contribution < -0.4 is 16.0 Å². The summed E-state index contributed by atoms with van der Waals surface area (Å²) in [7, 11) is 0. The first-order valence-corrected chi connectivity index (χ1v) is 11.7. The zero-order chi connectivity index (χ0) is 23.2. The van der Waals surface area contributed by atoms with Gasteiger partial charge in [0, 0.05) is 19.0 Å². The van der Waals surface area contributed by atoms with Crippen LogP contribution in [0.2, 0.25) is 0 Å². The van der Waals surface area contributed by atoms with Crippen molar-refractivity contribution in [3.63, 3.8) is 0 Å². The second-order valence-electron chi connectivity index (χ2n) is 9.06. The third-order valence-electron chi connectivity index (χ3n) is 6.85. The highest BCUT2D eigenvalue weighted by Gasteiger charge is 2.31. The van der Waals surface area contributed by atoms with Gasteiger partial charge < -0.3 is 21.1 Å². The van der Waals surface area contributed by atoms with Crippen molar-refractivity contribution in [1.29, 1.82) is 0 Å². The smallest absolute Gasteiger partial charge is 0.330 e. The highest BCUT2D eigenvalue weighted by Crippen LogP contribution is 2.29. The monoisotopic (exact) mass is 449 g/mol. The molecule has 7 nitrogen and oxygen atoms in total. The summed E-state index contributed by atoms with van der Waals surface area (Å²) in [4.78, 5) is 37.0. The fraction of sp³-hybridized carbons (Fsp3) is 0.423. The van der Waals surface area contributed by atoms with E-state index in [1.165, 1.54) is 11.1 Å². The van der Waals surface area contributed by atoms with Crippen LogP contribution in [-0.4, -0.2) is 35.5 Å². The molecular formula is C26H31N3O4. The summed E-state index contributed by atoms with van der Waals surface area (Å²) >= 11 is 0. The third kappa shape index (κ3) is 5.79. The normalized spacial score (nSPS) is 23.1. The zero-order valence-electron chi connectivity index (χ0n) is 18.6. The number of nitrogens with one attached hydrogen (secondary N) is 3. The molecule has 0 saturated heterocycles. The first-order chi connectivity index (χ1) is 16.0. The predicted octanol–water partition coefficient (Wildman–Crippen LogP) is 2.57. The van der Waals surface area contributed by atoms with Gasteiger partial charge in [0.25, 0.3) is 0 Å². The molecule has 7 heteroatoms. The molecule has 1 aliphatic heterocycles. The molecule has 4 rings (SSSR count). The number of carboxylic acid groups (broad SMARTS) is 1. The van der Waals surface area contributed by atoms with E-state index in [1.54, 1.807) is 24.3 Å². The topological polar surface area (TPSA) is 108 Å². The minimum absolute atomic E-state index is 0.0246. The quantitative estimate of drug-likeness (QED) is 0.520. The van der Waals surface area contributed by atoms with Crippen LogP contribution in [0.3, 0.4) is 0 Å². The van der Waals surface area contributed by atoms with Gasteiger partial charge in [-0.05, 0) is 54.7 Å². The van der Waals surface area contributed by atoms with E-state index in [4.69, 9.17) is 0 Å². The Balaban J connectivity index is 1.22. The zero-order valence-corrected chi connectivity index (χ0v) is 18.6. The molecule has 1 heterocycles. The van der Waals surface area contributed by atoms with Crippen LogP contribution in [0.25, 0.3) is 0 Å². The standard InChI is InChI=1S/C26H31N3O4/c30-24(29-23(26(32)33)18-6-2-1-3-7-18)19-12-10-17(11-13-19)15-28-25(31)22-14-20-8-4-5-9-21(20)16-27-22/h1-9,17,19,22-23,27H,10-16H2,(H,28,31)(H,29,30)(H,32,33)/t17?,19?,22-,23-/m1/s1. The minimum atomic E-state index is -1.06. The van der Waals surface area contributed by atoms with Crippen LogP contribution in [0.4, 0.5) is 0 Å². The van der Waals surface area contributed by atoms with E-state index in [0.29, 0.717) is 43.8 Å². The number of hydrogen-bond acceptors (Lipinski definition) is 4. The first kappa shape index (κ1) is 23.0. The van der Waals surface area contributed by atoms with Crippen molar-refractivity contribution in [3.05, 3.63) is 71.3 Å². The molecular weight excluding hydrogens is 418 g/mol. The Morgan fingerprint density at radius 2 is 1.58 bits per heavy atom. The molecule has 174 valence electrons. The lowest BCUT2D eigenvalue weighted by Gasteiger charge is -2.30. The average molecular weight is 450 g/mol. The van der Waals surface area contributed by atoms with E-state index in [0.717, 1.165) is 12.8 Å². The van der Waals surface area contributed by atoms with Crippen molar-refractivity contribution in [2.24, 2.45) is 11.8 Å². The second-order valence-corrected chi connectivity index (χ2v) is 9.06. The van der Waals surface area contributed by atoms with Gasteiger partial charge in [0.05, 0.1) is 6.04 Å². The fourth-order valence-electron chi connectivity index (χ4n) is 4.83. The molecule has 33 heavy (non-hydrogen) atoms. The maximum atomic E-state index is 12.7. The van der Waals surface area contributed by atoms with Gasteiger partial charge in [-0.3, -0.25) is 9.59 Å². The summed E-state index contributed by atoms with van der Waals surface area (Å²) < 4.78 is 0. The lowest BCUT2D eigenvalue weighted by molar-refractivity contribution is -0.143. The molecule has 1 aliphatic carbocycles. The summed E-state index contributed by atoms with van der Waals surface area (Å²) in [5.74, 6) is -1.11. The van der Waals surface area contributed by atoms with Gasteiger partial charge in [0.2, 0.25) is 11.8 Å². The minimum Gasteiger partial charge on any atom is -0.479 e. The van der Waals surface area contributed by atoms with Crippen LogP contribution in [0, 0.1) is 11.8 Å². The number of hydrogen-bond donors (Lipinski definition) is 4. The largest absolute Gasteiger partial charge is 0.479 e. The summed E-state index contributed by atoms with van der Waals surface area (Å²) in [6.07, 6.45) is 3.76. The average Bonchev–Trinajstić information content (AvgIpc) is 2.86. The molecule has 1 saturated carbocycles. The van der Waals surface area contributed by atoms with Gasteiger partial charge in [-0.15, -0.1) is 0 Å². The number of carbonyl (C=O) groups is 3. The van der Waals surface area contributed by atoms with Gasteiger partial charge in [-0.1, -0.05) is 54.6 Å². The van der Waals surface area contributed by atoms with Gasteiger partial charge in [0.1, 0.15) is 0 Å². The van der Waals surface area contributed by atoms with Crippen LogP contribution in [0.15, 0.2) is 54.6 Å². The van der Waals surface area contributed by atoms with Gasteiger partial charge in [0.15, 0.2) is 6.04 Å². The number of benzene rings is 2. The molecule has 2 atom stereocenters. The molecule has 0 spiro atoms. The van der Waals surface area contributed by atoms with Crippen LogP contribution in [0.1, 0.15) is 48.4 Å². The van der Waals surface area contributed by atoms with Crippen LogP contribution in [0.5, 0.6) is 0 Å². The summed E-state index contributed by atoms with van der Waals surface area (Å²) in [6.45, 7) is 1.31. The van der Waals surface area contributed by atoms with Crippen LogP contribution in [-0.2, 0) is 27.3 Å². The van der Waals surface area contributed by atoms with E-state index in [-0.39, 0.29) is 23.8 Å². The molecule has 2 aliphatic rings. The number of rotatable bonds is 7. The Bertz CT molecular complexity index is 986. The molecule has 2 amide bonds. The van der Waals surface area contributed by atoms with E-state index < -0.39 is 12.0 Å². The van der Waals surface area contributed by atoms with E-state index in [9.17, 15) is 19.5 Å². The van der Waals surface area contributed by atoms with Gasteiger partial charge in [-0.2, -0.15) is 0 Å². The molecule has 2 aromatic rings. The van der Waals surface area contributed by atoms with Crippen molar-refractivity contribution in [2.75, 3.05) is 6.54 Å². The molecule has 4 N–H and O–H groups in total. The number of aliphatic carboxylic acids is 1. The molecule has 0 radical (unpaired) electrons. The van der Waals surface area contributed by atoms with Gasteiger partial charge in [-0.25, -0.2) is 4.79 Å². The maximum absolute atomic E-state index is 12.7. The van der Waals surface area contributed by atoms with E-state index in [2.05, 4.69) is 28.1 Å². The number of carboxylic acids is 1. The molecule has 0 aromatic heterocycles. The number of amides is 2. The summed E-state index contributed by atoms with van der Waals surface area (Å²) in [6, 6.07) is 15.7. The lowest BCUT2D eigenvalue weighted by atomic mass is 9.81. The Morgan fingerprint density at radius 3 is 2.27 bits per heavy atom. The van der Waals surface area contributed by atoms with Crippen molar-refractivity contribution in [1.82, 2.24) is 16.0 Å². The highest BCUT2D eigenvalue weighted by molar-refractivity contribution is 5.86. The van der Waals surface area contributed by atoms with Crippen molar-refractivity contribution < 1.29 is 19.5 Å². The Kier molecular flexibility index (Phi) is 7.40. The van der Waals surface area contributed by atoms with Crippen molar-refractivity contribution in [3.8, 4) is 0 Å². The molecule has 0 bridgehead atoms. The van der Waals surface area contributed by atoms with Crippen molar-refractivity contribution >= 4 is 17.8 Å². The Morgan fingerprint density at radius 1 is 0.909 bits per heavy atom. The SMILES string of the molecule is O=C(N[C@@H](C(=O)O)c1ccccc1)C1CCC(CNC(=O)[C@H]2Cc3ccccc3CN2)CC1. The highest BCUT2D eigenvalue weighted by atomic mass is 16.4. The van der Waals surface area contributed by atoms with Gasteiger partial charge >= 0.3 is 5.97 Å². The summed E-state index contributed by atoms with van der Waals surface area (Å²) in [5, 5.41) is 18.6. The second kappa shape index (κ2) is 10.6.